The fourth-order valence-corrected chi connectivity index (χ4v) is 7.31. The summed E-state index contributed by atoms with van der Waals surface area (Å²) in [5.41, 5.74) is 0.0460. The van der Waals surface area contributed by atoms with Crippen LogP contribution in [0.25, 0.3) is 0 Å². The van der Waals surface area contributed by atoms with E-state index in [9.17, 15) is 26.0 Å². The van der Waals surface area contributed by atoms with Gasteiger partial charge in [0, 0.05) is 19.2 Å². The van der Waals surface area contributed by atoms with Gasteiger partial charge in [0.1, 0.15) is 31.3 Å². The molecular formula is C27H28FN3O9S2. The second kappa shape index (κ2) is 12.1. The van der Waals surface area contributed by atoms with Gasteiger partial charge in [0.05, 0.1) is 41.5 Å². The Morgan fingerprint density at radius 3 is 2.26 bits per heavy atom. The average molecular weight is 622 g/mol. The number of fused-ring (bicyclic) bond motifs is 1. The first-order valence-electron chi connectivity index (χ1n) is 12.8. The van der Waals surface area contributed by atoms with Crippen LogP contribution < -0.4 is 23.8 Å². The van der Waals surface area contributed by atoms with Crippen molar-refractivity contribution < 1.29 is 45.0 Å². The van der Waals surface area contributed by atoms with Crippen molar-refractivity contribution in [1.29, 1.82) is 0 Å². The molecular weight excluding hydrogens is 593 g/mol. The molecule has 3 aromatic carbocycles. The molecule has 0 aliphatic carbocycles. The molecule has 0 saturated carbocycles. The van der Waals surface area contributed by atoms with Gasteiger partial charge >= 0.3 is 0 Å². The summed E-state index contributed by atoms with van der Waals surface area (Å²) in [7, 11) is -6.93. The second-order valence-electron chi connectivity index (χ2n) is 9.22. The number of hydrogen-bond donors (Lipinski definition) is 1. The lowest BCUT2D eigenvalue weighted by Crippen LogP contribution is -2.40. The van der Waals surface area contributed by atoms with Crippen molar-refractivity contribution in [1.82, 2.24) is 4.31 Å². The van der Waals surface area contributed by atoms with Gasteiger partial charge in [-0.15, -0.1) is 0 Å². The molecule has 12 nitrogen and oxygen atoms in total. The predicted molar refractivity (Wildman–Crippen MR) is 150 cm³/mol. The Morgan fingerprint density at radius 2 is 1.57 bits per heavy atom. The first-order chi connectivity index (χ1) is 20.1. The van der Waals surface area contributed by atoms with Crippen molar-refractivity contribution in [2.24, 2.45) is 0 Å². The van der Waals surface area contributed by atoms with Crippen LogP contribution >= 0.6 is 0 Å². The number of benzene rings is 3. The van der Waals surface area contributed by atoms with Crippen molar-refractivity contribution in [2.45, 2.75) is 9.79 Å². The van der Waals surface area contributed by atoms with Crippen LogP contribution in [-0.2, 0) is 29.6 Å². The summed E-state index contributed by atoms with van der Waals surface area (Å²) in [5.74, 6) is -0.631. The van der Waals surface area contributed by atoms with Crippen molar-refractivity contribution in [3.05, 3.63) is 66.5 Å². The van der Waals surface area contributed by atoms with Gasteiger partial charge in [-0.25, -0.2) is 21.2 Å². The Kier molecular flexibility index (Phi) is 8.54. The summed E-state index contributed by atoms with van der Waals surface area (Å²) in [6.07, 6.45) is 0. The number of nitrogens with zero attached hydrogens (tertiary/aromatic N) is 2. The Labute approximate surface area is 242 Å². The molecule has 0 bridgehead atoms. The van der Waals surface area contributed by atoms with Crippen LogP contribution in [0.5, 0.6) is 17.2 Å². The maximum Gasteiger partial charge on any atom is 0.264 e. The van der Waals surface area contributed by atoms with E-state index in [0.29, 0.717) is 12.4 Å². The Morgan fingerprint density at radius 1 is 0.905 bits per heavy atom. The van der Waals surface area contributed by atoms with Crippen LogP contribution in [0.15, 0.2) is 70.5 Å². The highest BCUT2D eigenvalue weighted by Crippen LogP contribution is 2.35. The Hall–Kier alpha value is -3.92. The van der Waals surface area contributed by atoms with Crippen molar-refractivity contribution in [2.75, 3.05) is 62.8 Å². The van der Waals surface area contributed by atoms with Gasteiger partial charge in [0.25, 0.3) is 10.0 Å². The number of halogens is 1. The summed E-state index contributed by atoms with van der Waals surface area (Å²) < 4.78 is 91.3. The third-order valence-corrected chi connectivity index (χ3v) is 10.2. The summed E-state index contributed by atoms with van der Waals surface area (Å²) in [6.45, 7) is 0.709. The predicted octanol–water partition coefficient (Wildman–Crippen LogP) is 2.46. The zero-order valence-corrected chi connectivity index (χ0v) is 24.1. The van der Waals surface area contributed by atoms with Gasteiger partial charge in [-0.3, -0.25) is 9.10 Å². The number of ether oxygens (including phenoxy) is 4. The summed E-state index contributed by atoms with van der Waals surface area (Å²) in [6, 6.07) is 12.7. The van der Waals surface area contributed by atoms with Crippen LogP contribution in [0.4, 0.5) is 15.8 Å². The van der Waals surface area contributed by atoms with Crippen molar-refractivity contribution >= 4 is 37.3 Å². The highest BCUT2D eigenvalue weighted by Gasteiger charge is 2.31. The molecule has 15 heteroatoms. The molecule has 224 valence electrons. The van der Waals surface area contributed by atoms with E-state index < -0.39 is 38.3 Å². The molecule has 2 aliphatic rings. The molecule has 2 heterocycles. The van der Waals surface area contributed by atoms with E-state index in [0.717, 1.165) is 16.4 Å². The number of morpholine rings is 1. The fraction of sp³-hybridized carbons (Fsp3) is 0.296. The fourth-order valence-electron chi connectivity index (χ4n) is 4.44. The number of carbonyl (C=O) groups excluding carboxylic acids is 1. The number of amides is 1. The van der Waals surface area contributed by atoms with E-state index in [4.69, 9.17) is 18.9 Å². The normalized spacial score (nSPS) is 15.6. The molecule has 1 amide bonds. The molecule has 0 spiro atoms. The molecule has 0 unspecified atom stereocenters. The van der Waals surface area contributed by atoms with Gasteiger partial charge in [-0.1, -0.05) is 0 Å². The van der Waals surface area contributed by atoms with E-state index >= 15 is 0 Å². The molecule has 42 heavy (non-hydrogen) atoms. The van der Waals surface area contributed by atoms with Gasteiger partial charge in [-0.2, -0.15) is 4.31 Å². The SMILES string of the molecule is COc1ccc(S(=O)(=O)N2CCOCC2)cc1NC(=O)CN(c1ccc(F)cc1)S(=O)(=O)c1ccc2c(c1)OCCO2. The van der Waals surface area contributed by atoms with Gasteiger partial charge in [-0.05, 0) is 54.6 Å². The third kappa shape index (κ3) is 6.13. The number of carbonyl (C=O) groups is 1. The van der Waals surface area contributed by atoms with Gasteiger partial charge in [0.15, 0.2) is 11.5 Å². The first kappa shape index (κ1) is 29.6. The van der Waals surface area contributed by atoms with Crippen molar-refractivity contribution in [3.63, 3.8) is 0 Å². The van der Waals surface area contributed by atoms with E-state index in [2.05, 4.69) is 5.32 Å². The number of methoxy groups -OCH3 is 1. The number of nitrogens with one attached hydrogen (secondary N) is 1. The highest BCUT2D eigenvalue weighted by atomic mass is 32.2. The number of sulfonamides is 2. The molecule has 5 rings (SSSR count). The van der Waals surface area contributed by atoms with Crippen LogP contribution in [0, 0.1) is 5.82 Å². The maximum absolute atomic E-state index is 13.8. The quantitative estimate of drug-likeness (QED) is 0.382. The van der Waals surface area contributed by atoms with E-state index in [1.54, 1.807) is 0 Å². The Bertz CT molecular complexity index is 1680. The van der Waals surface area contributed by atoms with Gasteiger partial charge < -0.3 is 24.3 Å². The number of rotatable bonds is 9. The van der Waals surface area contributed by atoms with Crippen LogP contribution in [-0.4, -0.2) is 80.2 Å². The Balaban J connectivity index is 1.45. The molecule has 1 N–H and O–H groups in total. The minimum Gasteiger partial charge on any atom is -0.495 e. The standard InChI is InChI=1S/C27H28FN3O9S2/c1-37-24-8-6-21(41(33,34)30-10-12-38-13-11-30)16-23(24)29-27(32)18-31(20-4-2-19(28)3-5-20)42(35,36)22-7-9-25-26(17-22)40-15-14-39-25/h2-9,16-17H,10-15,18H2,1H3,(H,29,32). The first-order valence-corrected chi connectivity index (χ1v) is 15.7. The van der Waals surface area contributed by atoms with Crippen LogP contribution in [0.1, 0.15) is 0 Å². The molecule has 0 aromatic heterocycles. The molecule has 0 radical (unpaired) electrons. The number of anilines is 2. The monoisotopic (exact) mass is 621 g/mol. The lowest BCUT2D eigenvalue weighted by molar-refractivity contribution is -0.114. The van der Waals surface area contributed by atoms with Crippen LogP contribution in [0.3, 0.4) is 0 Å². The summed E-state index contributed by atoms with van der Waals surface area (Å²) in [5, 5.41) is 2.57. The molecule has 0 atom stereocenters. The van der Waals surface area contributed by atoms with Crippen molar-refractivity contribution in [3.8, 4) is 17.2 Å². The molecule has 2 aliphatic heterocycles. The van der Waals surface area contributed by atoms with Crippen LogP contribution in [0.2, 0.25) is 0 Å². The minimum absolute atomic E-state index is 0.0209. The van der Waals surface area contributed by atoms with E-state index in [1.165, 1.54) is 59.9 Å². The lowest BCUT2D eigenvalue weighted by atomic mass is 10.3. The second-order valence-corrected chi connectivity index (χ2v) is 13.0. The molecule has 1 fully saturated rings. The third-order valence-electron chi connectivity index (χ3n) is 6.56. The highest BCUT2D eigenvalue weighted by molar-refractivity contribution is 7.92. The largest absolute Gasteiger partial charge is 0.495 e. The summed E-state index contributed by atoms with van der Waals surface area (Å²) >= 11 is 0. The van der Waals surface area contributed by atoms with E-state index in [1.807, 2.05) is 0 Å². The smallest absolute Gasteiger partial charge is 0.264 e. The maximum atomic E-state index is 13.8. The zero-order chi connectivity index (χ0) is 29.9. The zero-order valence-electron chi connectivity index (χ0n) is 22.5. The number of hydrogen-bond acceptors (Lipinski definition) is 9. The molecule has 3 aromatic rings. The molecule has 1 saturated heterocycles. The average Bonchev–Trinajstić information content (AvgIpc) is 3.00. The van der Waals surface area contributed by atoms with E-state index in [-0.39, 0.29) is 65.6 Å². The topological polar surface area (TPSA) is 141 Å². The van der Waals surface area contributed by atoms with Gasteiger partial charge in [0.2, 0.25) is 15.9 Å². The minimum atomic E-state index is -4.38. The lowest BCUT2D eigenvalue weighted by Gasteiger charge is -2.26. The summed E-state index contributed by atoms with van der Waals surface area (Å²) in [4.78, 5) is 13.1.